The fourth-order valence-corrected chi connectivity index (χ4v) is 4.70. The Labute approximate surface area is 173 Å². The number of thiazole rings is 1. The van der Waals surface area contributed by atoms with Crippen molar-refractivity contribution in [1.82, 2.24) is 4.98 Å². The average Bonchev–Trinajstić information content (AvgIpc) is 3.15. The van der Waals surface area contributed by atoms with Gasteiger partial charge in [0.25, 0.3) is 0 Å². The van der Waals surface area contributed by atoms with Crippen LogP contribution in [0.1, 0.15) is 5.56 Å². The van der Waals surface area contributed by atoms with Crippen molar-refractivity contribution in [2.24, 2.45) is 0 Å². The highest BCUT2D eigenvalue weighted by atomic mass is 32.2. The Hall–Kier alpha value is -2.91. The van der Waals surface area contributed by atoms with E-state index >= 15 is 0 Å². The van der Waals surface area contributed by atoms with E-state index < -0.39 is 21.5 Å². The maximum atomic E-state index is 12.3. The standard InChI is InChI=1S/C20H20N2O5S2/c1-26-15-8-9-18(27-2)16(10-15)17-11-28-20(21-17)22-19(23)13-29(24,25)12-14-6-4-3-5-7-14/h3-11H,12-13H2,1-2H3,(H,21,22,23). The first-order valence-electron chi connectivity index (χ1n) is 8.62. The highest BCUT2D eigenvalue weighted by molar-refractivity contribution is 7.91. The Balaban J connectivity index is 1.69. The van der Waals surface area contributed by atoms with Crippen LogP contribution in [-0.2, 0) is 20.4 Å². The molecule has 7 nitrogen and oxygen atoms in total. The third kappa shape index (κ3) is 5.55. The lowest BCUT2D eigenvalue weighted by Gasteiger charge is -2.08. The van der Waals surface area contributed by atoms with E-state index in [-0.39, 0.29) is 5.75 Å². The topological polar surface area (TPSA) is 94.6 Å². The minimum atomic E-state index is -3.59. The number of carbonyl (C=O) groups is 1. The van der Waals surface area contributed by atoms with Gasteiger partial charge < -0.3 is 14.8 Å². The number of hydrogen-bond donors (Lipinski definition) is 1. The van der Waals surface area contributed by atoms with Gasteiger partial charge in [-0.05, 0) is 23.8 Å². The van der Waals surface area contributed by atoms with Crippen LogP contribution in [0.2, 0.25) is 0 Å². The van der Waals surface area contributed by atoms with Crippen molar-refractivity contribution >= 4 is 32.2 Å². The molecule has 0 unspecified atom stereocenters. The van der Waals surface area contributed by atoms with Crippen molar-refractivity contribution in [3.8, 4) is 22.8 Å². The van der Waals surface area contributed by atoms with Crippen LogP contribution < -0.4 is 14.8 Å². The monoisotopic (exact) mass is 432 g/mol. The molecule has 1 N–H and O–H groups in total. The van der Waals surface area contributed by atoms with E-state index in [1.165, 1.54) is 11.3 Å². The molecule has 0 atom stereocenters. The number of hydrogen-bond acceptors (Lipinski definition) is 7. The van der Waals surface area contributed by atoms with Crippen LogP contribution in [0.5, 0.6) is 11.5 Å². The van der Waals surface area contributed by atoms with E-state index in [4.69, 9.17) is 9.47 Å². The van der Waals surface area contributed by atoms with Crippen molar-refractivity contribution in [3.63, 3.8) is 0 Å². The van der Waals surface area contributed by atoms with Gasteiger partial charge in [0, 0.05) is 10.9 Å². The molecule has 0 spiro atoms. The maximum absolute atomic E-state index is 12.3. The van der Waals surface area contributed by atoms with E-state index in [0.717, 1.165) is 0 Å². The number of ether oxygens (including phenoxy) is 2. The molecule has 0 aliphatic rings. The zero-order valence-corrected chi connectivity index (χ0v) is 17.5. The van der Waals surface area contributed by atoms with E-state index in [2.05, 4.69) is 10.3 Å². The number of anilines is 1. The molecule has 152 valence electrons. The molecule has 9 heteroatoms. The highest BCUT2D eigenvalue weighted by Crippen LogP contribution is 2.35. The fraction of sp³-hybridized carbons (Fsp3) is 0.200. The number of methoxy groups -OCH3 is 2. The lowest BCUT2D eigenvalue weighted by Crippen LogP contribution is -2.23. The van der Waals surface area contributed by atoms with Gasteiger partial charge in [-0.3, -0.25) is 4.79 Å². The van der Waals surface area contributed by atoms with Crippen LogP contribution in [-0.4, -0.2) is 39.3 Å². The molecule has 0 fully saturated rings. The van der Waals surface area contributed by atoms with Gasteiger partial charge in [0.15, 0.2) is 15.0 Å². The first kappa shape index (κ1) is 20.8. The van der Waals surface area contributed by atoms with Crippen LogP contribution in [0.3, 0.4) is 0 Å². The van der Waals surface area contributed by atoms with Gasteiger partial charge in [-0.25, -0.2) is 13.4 Å². The van der Waals surface area contributed by atoms with Gasteiger partial charge in [0.1, 0.15) is 17.3 Å². The predicted octanol–water partition coefficient (Wildman–Crippen LogP) is 3.38. The van der Waals surface area contributed by atoms with Crippen LogP contribution in [0.25, 0.3) is 11.3 Å². The van der Waals surface area contributed by atoms with Crippen LogP contribution >= 0.6 is 11.3 Å². The molecule has 2 aromatic carbocycles. The van der Waals surface area contributed by atoms with Gasteiger partial charge in [0.05, 0.1) is 25.7 Å². The zero-order chi connectivity index (χ0) is 20.9. The molecule has 0 bridgehead atoms. The van der Waals surface area contributed by atoms with Gasteiger partial charge in [-0.1, -0.05) is 30.3 Å². The lowest BCUT2D eigenvalue weighted by molar-refractivity contribution is -0.113. The second-order valence-electron chi connectivity index (χ2n) is 6.17. The third-order valence-electron chi connectivity index (χ3n) is 4.01. The van der Waals surface area contributed by atoms with E-state index in [9.17, 15) is 13.2 Å². The molecule has 0 aliphatic carbocycles. The van der Waals surface area contributed by atoms with E-state index in [1.54, 1.807) is 68.1 Å². The molecule has 0 radical (unpaired) electrons. The number of carbonyl (C=O) groups excluding carboxylic acids is 1. The Morgan fingerprint density at radius 1 is 1.10 bits per heavy atom. The predicted molar refractivity (Wildman–Crippen MR) is 113 cm³/mol. The minimum absolute atomic E-state index is 0.189. The summed E-state index contributed by atoms with van der Waals surface area (Å²) < 4.78 is 35.1. The van der Waals surface area contributed by atoms with Crippen molar-refractivity contribution in [2.75, 3.05) is 25.3 Å². The Bertz CT molecular complexity index is 1100. The van der Waals surface area contributed by atoms with Gasteiger partial charge >= 0.3 is 0 Å². The summed E-state index contributed by atoms with van der Waals surface area (Å²) in [5.74, 6) is -0.171. The second-order valence-corrected chi connectivity index (χ2v) is 9.09. The van der Waals surface area contributed by atoms with E-state index in [1.807, 2.05) is 0 Å². The summed E-state index contributed by atoms with van der Waals surface area (Å²) in [6.45, 7) is 0. The number of nitrogens with zero attached hydrogens (tertiary/aromatic N) is 1. The molecule has 0 saturated heterocycles. The molecule has 1 aromatic heterocycles. The van der Waals surface area contributed by atoms with Crippen LogP contribution in [0.15, 0.2) is 53.9 Å². The summed E-state index contributed by atoms with van der Waals surface area (Å²) in [7, 11) is -0.474. The first-order chi connectivity index (χ1) is 13.9. The molecular formula is C20H20N2O5S2. The summed E-state index contributed by atoms with van der Waals surface area (Å²) in [6, 6.07) is 14.1. The summed E-state index contributed by atoms with van der Waals surface area (Å²) in [4.78, 5) is 16.6. The average molecular weight is 433 g/mol. The zero-order valence-electron chi connectivity index (χ0n) is 15.9. The number of sulfone groups is 1. The molecule has 1 heterocycles. The molecule has 0 saturated carbocycles. The van der Waals surface area contributed by atoms with Crippen molar-refractivity contribution in [2.45, 2.75) is 5.75 Å². The first-order valence-corrected chi connectivity index (χ1v) is 11.3. The number of nitrogens with one attached hydrogen (secondary N) is 1. The Morgan fingerprint density at radius 2 is 1.86 bits per heavy atom. The largest absolute Gasteiger partial charge is 0.497 e. The van der Waals surface area contributed by atoms with Crippen molar-refractivity contribution < 1.29 is 22.7 Å². The quantitative estimate of drug-likeness (QED) is 0.586. The van der Waals surface area contributed by atoms with E-state index in [0.29, 0.717) is 33.5 Å². The summed E-state index contributed by atoms with van der Waals surface area (Å²) >= 11 is 1.20. The number of benzene rings is 2. The van der Waals surface area contributed by atoms with Crippen molar-refractivity contribution in [1.29, 1.82) is 0 Å². The third-order valence-corrected chi connectivity index (χ3v) is 6.25. The Morgan fingerprint density at radius 3 is 2.55 bits per heavy atom. The molecule has 29 heavy (non-hydrogen) atoms. The smallest absolute Gasteiger partial charge is 0.241 e. The summed E-state index contributed by atoms with van der Waals surface area (Å²) in [6.07, 6.45) is 0. The minimum Gasteiger partial charge on any atom is -0.497 e. The second kappa shape index (κ2) is 9.06. The normalized spacial score (nSPS) is 11.1. The number of aromatic nitrogens is 1. The van der Waals surface area contributed by atoms with Gasteiger partial charge in [-0.2, -0.15) is 0 Å². The van der Waals surface area contributed by atoms with Crippen LogP contribution in [0.4, 0.5) is 5.13 Å². The summed E-state index contributed by atoms with van der Waals surface area (Å²) in [5.41, 5.74) is 1.94. The molecule has 1 amide bonds. The molecule has 0 aliphatic heterocycles. The molecular weight excluding hydrogens is 412 g/mol. The lowest BCUT2D eigenvalue weighted by atomic mass is 10.1. The number of amides is 1. The molecule has 3 rings (SSSR count). The van der Waals surface area contributed by atoms with Gasteiger partial charge in [0.2, 0.25) is 5.91 Å². The number of rotatable bonds is 8. The Kier molecular flexibility index (Phi) is 6.50. The summed E-state index contributed by atoms with van der Waals surface area (Å²) in [5, 5.41) is 4.62. The highest BCUT2D eigenvalue weighted by Gasteiger charge is 2.19. The molecule has 3 aromatic rings. The van der Waals surface area contributed by atoms with Crippen molar-refractivity contribution in [3.05, 3.63) is 59.5 Å². The fourth-order valence-electron chi connectivity index (χ4n) is 2.70. The van der Waals surface area contributed by atoms with Crippen LogP contribution in [0, 0.1) is 0 Å². The van der Waals surface area contributed by atoms with Gasteiger partial charge in [-0.15, -0.1) is 11.3 Å². The SMILES string of the molecule is COc1ccc(OC)c(-c2csc(NC(=O)CS(=O)(=O)Cc3ccccc3)n2)c1. The maximum Gasteiger partial charge on any atom is 0.241 e.